The maximum absolute atomic E-state index is 14.0. The third-order valence-corrected chi connectivity index (χ3v) is 3.08. The minimum Gasteiger partial charge on any atom is -0.481 e. The molecule has 106 valence electrons. The molecular formula is C15H12FN3O2. The van der Waals surface area contributed by atoms with Crippen molar-refractivity contribution < 1.29 is 13.7 Å². The van der Waals surface area contributed by atoms with Crippen LogP contribution in [-0.2, 0) is 0 Å². The van der Waals surface area contributed by atoms with E-state index in [1.165, 1.54) is 13.2 Å². The van der Waals surface area contributed by atoms with Crippen LogP contribution in [0, 0.1) is 5.82 Å². The first-order chi connectivity index (χ1) is 10.2. The lowest BCUT2D eigenvalue weighted by atomic mass is 10.0. The molecule has 0 aliphatic rings. The van der Waals surface area contributed by atoms with Gasteiger partial charge in [-0.3, -0.25) is 0 Å². The fourth-order valence-corrected chi connectivity index (χ4v) is 2.14. The van der Waals surface area contributed by atoms with Crippen LogP contribution in [0.5, 0.6) is 5.88 Å². The standard InChI is InChI=1S/C15H12FN3O2/c1-20-15-10(6-4-8-18-15)13-12(14(17)21-19-13)9-5-2-3-7-11(9)16/h2-8H,17H2,1H3. The summed E-state index contributed by atoms with van der Waals surface area (Å²) in [6, 6.07) is 9.78. The Morgan fingerprint density at radius 1 is 1.14 bits per heavy atom. The monoisotopic (exact) mass is 285 g/mol. The summed E-state index contributed by atoms with van der Waals surface area (Å²) in [5.74, 6) is 0.000836. The number of hydrogen-bond donors (Lipinski definition) is 1. The van der Waals surface area contributed by atoms with E-state index in [-0.39, 0.29) is 5.88 Å². The second-order valence-electron chi connectivity index (χ2n) is 4.31. The van der Waals surface area contributed by atoms with Crippen LogP contribution in [-0.4, -0.2) is 17.3 Å². The Balaban J connectivity index is 2.25. The van der Waals surface area contributed by atoms with Gasteiger partial charge in [-0.05, 0) is 18.2 Å². The minimum absolute atomic E-state index is 0.0426. The van der Waals surface area contributed by atoms with Crippen LogP contribution >= 0.6 is 0 Å². The molecule has 0 aliphatic carbocycles. The second-order valence-corrected chi connectivity index (χ2v) is 4.31. The van der Waals surface area contributed by atoms with Crippen molar-refractivity contribution in [2.45, 2.75) is 0 Å². The minimum atomic E-state index is -0.406. The predicted octanol–water partition coefficient (Wildman–Crippen LogP) is 3.13. The van der Waals surface area contributed by atoms with Crippen LogP contribution in [0.4, 0.5) is 10.3 Å². The van der Waals surface area contributed by atoms with Gasteiger partial charge in [0.1, 0.15) is 11.5 Å². The normalized spacial score (nSPS) is 10.6. The van der Waals surface area contributed by atoms with E-state index in [2.05, 4.69) is 10.1 Å². The molecule has 3 rings (SSSR count). The number of ether oxygens (including phenoxy) is 1. The average Bonchev–Trinajstić information content (AvgIpc) is 2.89. The predicted molar refractivity (Wildman–Crippen MR) is 76.1 cm³/mol. The summed E-state index contributed by atoms with van der Waals surface area (Å²) >= 11 is 0. The number of anilines is 1. The first-order valence-corrected chi connectivity index (χ1v) is 6.21. The maximum Gasteiger partial charge on any atom is 0.230 e. The van der Waals surface area contributed by atoms with Crippen molar-refractivity contribution in [2.24, 2.45) is 0 Å². The van der Waals surface area contributed by atoms with Gasteiger partial charge in [0.2, 0.25) is 11.8 Å². The Kier molecular flexibility index (Phi) is 3.27. The van der Waals surface area contributed by atoms with Gasteiger partial charge >= 0.3 is 0 Å². The molecule has 0 fully saturated rings. The fourth-order valence-electron chi connectivity index (χ4n) is 2.14. The van der Waals surface area contributed by atoms with E-state index >= 15 is 0 Å². The highest BCUT2D eigenvalue weighted by Crippen LogP contribution is 2.39. The third-order valence-electron chi connectivity index (χ3n) is 3.08. The summed E-state index contributed by atoms with van der Waals surface area (Å²) in [4.78, 5) is 4.10. The molecular weight excluding hydrogens is 273 g/mol. The molecule has 0 amide bonds. The molecule has 3 aromatic rings. The number of rotatable bonds is 3. The topological polar surface area (TPSA) is 74.2 Å². The number of aromatic nitrogens is 2. The largest absolute Gasteiger partial charge is 0.481 e. The Bertz CT molecular complexity index is 786. The van der Waals surface area contributed by atoms with Crippen molar-refractivity contribution in [3.63, 3.8) is 0 Å². The third kappa shape index (κ3) is 2.20. The van der Waals surface area contributed by atoms with Gasteiger partial charge in [0.25, 0.3) is 0 Å². The zero-order valence-electron chi connectivity index (χ0n) is 11.2. The summed E-state index contributed by atoms with van der Waals surface area (Å²) < 4.78 is 24.3. The summed E-state index contributed by atoms with van der Waals surface area (Å²) in [5.41, 5.74) is 7.49. The van der Waals surface area contributed by atoms with E-state index in [1.807, 2.05) is 0 Å². The number of nitrogen functional groups attached to an aromatic ring is 1. The van der Waals surface area contributed by atoms with Gasteiger partial charge in [0.15, 0.2) is 0 Å². The van der Waals surface area contributed by atoms with Gasteiger partial charge in [-0.1, -0.05) is 23.4 Å². The molecule has 5 nitrogen and oxygen atoms in total. The lowest BCUT2D eigenvalue weighted by Crippen LogP contribution is -1.94. The van der Waals surface area contributed by atoms with E-state index in [4.69, 9.17) is 15.0 Å². The maximum atomic E-state index is 14.0. The van der Waals surface area contributed by atoms with Gasteiger partial charge < -0.3 is 15.0 Å². The molecule has 0 saturated heterocycles. The summed E-state index contributed by atoms with van der Waals surface area (Å²) in [6.07, 6.45) is 1.59. The van der Waals surface area contributed by atoms with E-state index in [1.54, 1.807) is 36.5 Å². The molecule has 0 atom stereocenters. The summed E-state index contributed by atoms with van der Waals surface area (Å²) in [7, 11) is 1.50. The van der Waals surface area contributed by atoms with Crippen LogP contribution in [0.15, 0.2) is 47.1 Å². The fraction of sp³-hybridized carbons (Fsp3) is 0.0667. The van der Waals surface area contributed by atoms with E-state index in [9.17, 15) is 4.39 Å². The Labute approximate surface area is 120 Å². The highest BCUT2D eigenvalue weighted by atomic mass is 19.1. The van der Waals surface area contributed by atoms with Crippen LogP contribution < -0.4 is 10.5 Å². The van der Waals surface area contributed by atoms with Crippen molar-refractivity contribution >= 4 is 5.88 Å². The van der Waals surface area contributed by atoms with Gasteiger partial charge in [-0.25, -0.2) is 9.37 Å². The first kappa shape index (κ1) is 13.1. The zero-order chi connectivity index (χ0) is 14.8. The van der Waals surface area contributed by atoms with Gasteiger partial charge in [-0.2, -0.15) is 0 Å². The molecule has 0 radical (unpaired) electrons. The second kappa shape index (κ2) is 5.24. The van der Waals surface area contributed by atoms with Crippen molar-refractivity contribution in [1.29, 1.82) is 0 Å². The molecule has 2 heterocycles. The van der Waals surface area contributed by atoms with E-state index < -0.39 is 5.82 Å². The van der Waals surface area contributed by atoms with Crippen LogP contribution in [0.1, 0.15) is 0 Å². The summed E-state index contributed by atoms with van der Waals surface area (Å²) in [5, 5.41) is 3.93. The lowest BCUT2D eigenvalue weighted by molar-refractivity contribution is 0.398. The molecule has 1 aromatic carbocycles. The molecule has 0 aliphatic heterocycles. The number of pyridine rings is 1. The molecule has 21 heavy (non-hydrogen) atoms. The van der Waals surface area contributed by atoms with Crippen molar-refractivity contribution in [3.8, 4) is 28.3 Å². The van der Waals surface area contributed by atoms with Crippen LogP contribution in [0.3, 0.4) is 0 Å². The number of methoxy groups -OCH3 is 1. The van der Waals surface area contributed by atoms with E-state index in [0.717, 1.165) is 0 Å². The first-order valence-electron chi connectivity index (χ1n) is 6.21. The van der Waals surface area contributed by atoms with E-state index in [0.29, 0.717) is 28.3 Å². The number of nitrogens with two attached hydrogens (primary N) is 1. The number of nitrogens with zero attached hydrogens (tertiary/aromatic N) is 2. The van der Waals surface area contributed by atoms with Crippen LogP contribution in [0.2, 0.25) is 0 Å². The Morgan fingerprint density at radius 2 is 1.90 bits per heavy atom. The molecule has 0 unspecified atom stereocenters. The molecule has 6 heteroatoms. The number of hydrogen-bond acceptors (Lipinski definition) is 5. The van der Waals surface area contributed by atoms with Crippen molar-refractivity contribution in [1.82, 2.24) is 10.1 Å². The Hall–Kier alpha value is -2.89. The van der Waals surface area contributed by atoms with Crippen molar-refractivity contribution in [3.05, 3.63) is 48.4 Å². The SMILES string of the molecule is COc1ncccc1-c1noc(N)c1-c1ccccc1F. The molecule has 0 bridgehead atoms. The van der Waals surface area contributed by atoms with Gasteiger partial charge in [-0.15, -0.1) is 0 Å². The highest BCUT2D eigenvalue weighted by Gasteiger charge is 2.22. The summed E-state index contributed by atoms with van der Waals surface area (Å²) in [6.45, 7) is 0. The molecule has 0 spiro atoms. The average molecular weight is 285 g/mol. The molecule has 0 saturated carbocycles. The van der Waals surface area contributed by atoms with Gasteiger partial charge in [0.05, 0.1) is 18.2 Å². The number of benzene rings is 1. The lowest BCUT2D eigenvalue weighted by Gasteiger charge is -2.07. The zero-order valence-corrected chi connectivity index (χ0v) is 11.2. The molecule has 2 N–H and O–H groups in total. The smallest absolute Gasteiger partial charge is 0.230 e. The van der Waals surface area contributed by atoms with Crippen molar-refractivity contribution in [2.75, 3.05) is 12.8 Å². The van der Waals surface area contributed by atoms with Gasteiger partial charge in [0, 0.05) is 11.8 Å². The number of halogens is 1. The quantitative estimate of drug-likeness (QED) is 0.800. The highest BCUT2D eigenvalue weighted by molar-refractivity contribution is 5.88. The Morgan fingerprint density at radius 3 is 2.67 bits per heavy atom. The molecule has 2 aromatic heterocycles. The van der Waals surface area contributed by atoms with Crippen LogP contribution in [0.25, 0.3) is 22.4 Å².